The highest BCUT2D eigenvalue weighted by Crippen LogP contribution is 2.39. The topological polar surface area (TPSA) is 38.9 Å². The van der Waals surface area contributed by atoms with Gasteiger partial charge >= 0.3 is 0 Å². The normalized spacial score (nSPS) is 20.3. The molecule has 1 unspecified atom stereocenters. The Balaban J connectivity index is 0.00000112. The maximum Gasteiger partial charge on any atom is 0.110 e. The molecule has 1 aliphatic carbocycles. The van der Waals surface area contributed by atoms with Crippen LogP contribution >= 0.6 is 23.7 Å². The van der Waals surface area contributed by atoms with Gasteiger partial charge in [0.1, 0.15) is 5.01 Å². The van der Waals surface area contributed by atoms with Crippen LogP contribution in [-0.2, 0) is 11.8 Å². The lowest BCUT2D eigenvalue weighted by molar-refractivity contribution is 0.423. The van der Waals surface area contributed by atoms with Crippen molar-refractivity contribution in [1.82, 2.24) is 4.98 Å². The number of fused-ring (bicyclic) bond motifs is 1. The molecule has 0 radical (unpaired) electrons. The molecule has 1 atom stereocenters. The van der Waals surface area contributed by atoms with Crippen molar-refractivity contribution in [1.29, 1.82) is 0 Å². The van der Waals surface area contributed by atoms with E-state index in [2.05, 4.69) is 13.8 Å². The van der Waals surface area contributed by atoms with Crippen LogP contribution in [0, 0.1) is 0 Å². The van der Waals surface area contributed by atoms with Crippen molar-refractivity contribution < 1.29 is 0 Å². The minimum Gasteiger partial charge on any atom is -0.322 e. The molecule has 2 nitrogen and oxygen atoms in total. The Hall–Kier alpha value is -0.120. The zero-order chi connectivity index (χ0) is 10.3. The average molecular weight is 247 g/mol. The van der Waals surface area contributed by atoms with E-state index in [0.29, 0.717) is 0 Å². The van der Waals surface area contributed by atoms with Crippen LogP contribution in [0.2, 0.25) is 0 Å². The highest BCUT2D eigenvalue weighted by molar-refractivity contribution is 7.11. The summed E-state index contributed by atoms with van der Waals surface area (Å²) >= 11 is 1.81. The summed E-state index contributed by atoms with van der Waals surface area (Å²) in [4.78, 5) is 6.16. The van der Waals surface area contributed by atoms with E-state index in [-0.39, 0.29) is 23.9 Å². The molecule has 1 heterocycles. The van der Waals surface area contributed by atoms with Gasteiger partial charge in [-0.1, -0.05) is 13.8 Å². The van der Waals surface area contributed by atoms with E-state index in [1.54, 1.807) is 0 Å². The van der Waals surface area contributed by atoms with E-state index in [1.165, 1.54) is 29.8 Å². The van der Waals surface area contributed by atoms with E-state index in [1.807, 2.05) is 18.3 Å². The smallest absolute Gasteiger partial charge is 0.110 e. The highest BCUT2D eigenvalue weighted by atomic mass is 35.5. The maximum atomic E-state index is 5.86. The Morgan fingerprint density at radius 3 is 2.67 bits per heavy atom. The van der Waals surface area contributed by atoms with Crippen LogP contribution in [-0.4, -0.2) is 4.98 Å². The zero-order valence-corrected chi connectivity index (χ0v) is 11.2. The van der Waals surface area contributed by atoms with Gasteiger partial charge in [-0.15, -0.1) is 23.7 Å². The molecular formula is C11H19ClN2S. The Labute approximate surface area is 102 Å². The van der Waals surface area contributed by atoms with Crippen LogP contribution < -0.4 is 5.73 Å². The SMILES string of the molecule is CC(N)c1nc2c(s1)CCCC2(C)C.Cl. The molecule has 0 aliphatic heterocycles. The van der Waals surface area contributed by atoms with E-state index >= 15 is 0 Å². The second-order valence-electron chi connectivity index (χ2n) is 4.85. The highest BCUT2D eigenvalue weighted by Gasteiger charge is 2.31. The molecule has 0 fully saturated rings. The molecule has 0 saturated heterocycles. The van der Waals surface area contributed by atoms with Gasteiger partial charge in [-0.2, -0.15) is 0 Å². The number of nitrogens with zero attached hydrogens (tertiary/aromatic N) is 1. The minimum absolute atomic E-state index is 0. The molecule has 2 rings (SSSR count). The standard InChI is InChI=1S/C11H18N2S.ClH/c1-7(12)10-13-9-8(14-10)5-4-6-11(9,2)3;/h7H,4-6,12H2,1-3H3;1H. The van der Waals surface area contributed by atoms with Crippen LogP contribution in [0.3, 0.4) is 0 Å². The minimum atomic E-state index is 0. The molecule has 0 aromatic carbocycles. The van der Waals surface area contributed by atoms with Gasteiger partial charge in [-0.05, 0) is 26.2 Å². The molecule has 86 valence electrons. The van der Waals surface area contributed by atoms with E-state index in [0.717, 1.165) is 5.01 Å². The van der Waals surface area contributed by atoms with Gasteiger partial charge in [0.15, 0.2) is 0 Å². The number of thiazole rings is 1. The lowest BCUT2D eigenvalue weighted by atomic mass is 9.79. The fourth-order valence-electron chi connectivity index (χ4n) is 2.07. The molecule has 0 saturated carbocycles. The number of halogens is 1. The van der Waals surface area contributed by atoms with Crippen molar-refractivity contribution in [3.8, 4) is 0 Å². The quantitative estimate of drug-likeness (QED) is 0.827. The van der Waals surface area contributed by atoms with Crippen molar-refractivity contribution in [3.63, 3.8) is 0 Å². The Morgan fingerprint density at radius 2 is 2.13 bits per heavy atom. The molecule has 2 N–H and O–H groups in total. The van der Waals surface area contributed by atoms with Gasteiger partial charge in [0.05, 0.1) is 11.7 Å². The van der Waals surface area contributed by atoms with Crippen molar-refractivity contribution >= 4 is 23.7 Å². The Bertz CT molecular complexity index is 344. The summed E-state index contributed by atoms with van der Waals surface area (Å²) in [6.07, 6.45) is 3.74. The van der Waals surface area contributed by atoms with Crippen LogP contribution in [0.5, 0.6) is 0 Å². The summed E-state index contributed by atoms with van der Waals surface area (Å²) in [5.41, 5.74) is 7.43. The molecule has 1 aliphatic rings. The van der Waals surface area contributed by atoms with Crippen LogP contribution in [0.4, 0.5) is 0 Å². The fourth-order valence-corrected chi connectivity index (χ4v) is 3.31. The van der Waals surface area contributed by atoms with Crippen LogP contribution in [0.1, 0.15) is 55.2 Å². The summed E-state index contributed by atoms with van der Waals surface area (Å²) in [5, 5.41) is 1.10. The summed E-state index contributed by atoms with van der Waals surface area (Å²) in [6, 6.07) is 0.0846. The molecule has 0 amide bonds. The molecule has 4 heteroatoms. The predicted molar refractivity (Wildman–Crippen MR) is 67.9 cm³/mol. The number of hydrogen-bond donors (Lipinski definition) is 1. The predicted octanol–water partition coefficient (Wildman–Crippen LogP) is 3.20. The molecule has 15 heavy (non-hydrogen) atoms. The van der Waals surface area contributed by atoms with Crippen molar-refractivity contribution in [2.24, 2.45) is 5.73 Å². The summed E-state index contributed by atoms with van der Waals surface area (Å²) in [7, 11) is 0. The van der Waals surface area contributed by atoms with E-state index in [4.69, 9.17) is 10.7 Å². The van der Waals surface area contributed by atoms with Gasteiger partial charge in [-0.3, -0.25) is 0 Å². The van der Waals surface area contributed by atoms with E-state index < -0.39 is 0 Å². The number of rotatable bonds is 1. The second kappa shape index (κ2) is 4.40. The van der Waals surface area contributed by atoms with E-state index in [9.17, 15) is 0 Å². The monoisotopic (exact) mass is 246 g/mol. The third-order valence-corrected chi connectivity index (χ3v) is 4.27. The molecule has 0 spiro atoms. The van der Waals surface area contributed by atoms with Crippen molar-refractivity contribution in [3.05, 3.63) is 15.6 Å². The third-order valence-electron chi connectivity index (χ3n) is 2.95. The molecule has 0 bridgehead atoms. The molecular weight excluding hydrogens is 228 g/mol. The van der Waals surface area contributed by atoms with Gasteiger partial charge in [-0.25, -0.2) is 4.98 Å². The van der Waals surface area contributed by atoms with Crippen LogP contribution in [0.15, 0.2) is 0 Å². The van der Waals surface area contributed by atoms with Gasteiger partial charge in [0.2, 0.25) is 0 Å². The number of aryl methyl sites for hydroxylation is 1. The van der Waals surface area contributed by atoms with Crippen molar-refractivity contribution in [2.75, 3.05) is 0 Å². The number of hydrogen-bond acceptors (Lipinski definition) is 3. The third kappa shape index (κ3) is 2.35. The van der Waals surface area contributed by atoms with Gasteiger partial charge in [0, 0.05) is 10.3 Å². The summed E-state index contributed by atoms with van der Waals surface area (Å²) < 4.78 is 0. The van der Waals surface area contributed by atoms with Gasteiger partial charge in [0.25, 0.3) is 0 Å². The first-order valence-corrected chi connectivity index (χ1v) is 6.08. The van der Waals surface area contributed by atoms with Crippen LogP contribution in [0.25, 0.3) is 0 Å². The Kier molecular flexibility index (Phi) is 3.80. The maximum absolute atomic E-state index is 5.86. The van der Waals surface area contributed by atoms with Gasteiger partial charge < -0.3 is 5.73 Å². The number of aromatic nitrogens is 1. The fraction of sp³-hybridized carbons (Fsp3) is 0.727. The second-order valence-corrected chi connectivity index (χ2v) is 5.97. The molecule has 1 aromatic rings. The first-order chi connectivity index (χ1) is 6.50. The lowest BCUT2D eigenvalue weighted by Gasteiger charge is -2.28. The first kappa shape index (κ1) is 12.9. The summed E-state index contributed by atoms with van der Waals surface area (Å²) in [6.45, 7) is 6.59. The lowest BCUT2D eigenvalue weighted by Crippen LogP contribution is -2.23. The Morgan fingerprint density at radius 1 is 1.47 bits per heavy atom. The zero-order valence-electron chi connectivity index (χ0n) is 9.54. The number of nitrogens with two attached hydrogens (primary N) is 1. The average Bonchev–Trinajstić information content (AvgIpc) is 2.48. The molecule has 1 aromatic heterocycles. The largest absolute Gasteiger partial charge is 0.322 e. The van der Waals surface area contributed by atoms with Crippen molar-refractivity contribution in [2.45, 2.75) is 51.5 Å². The first-order valence-electron chi connectivity index (χ1n) is 5.26. The summed E-state index contributed by atoms with van der Waals surface area (Å²) in [5.74, 6) is 0.